The van der Waals surface area contributed by atoms with E-state index in [9.17, 15) is 4.79 Å². The summed E-state index contributed by atoms with van der Waals surface area (Å²) in [5.74, 6) is 0.823. The largest absolute Gasteiger partial charge is 0.330 e. The van der Waals surface area contributed by atoms with Crippen LogP contribution in [0, 0.1) is 11.8 Å². The van der Waals surface area contributed by atoms with Crippen LogP contribution in [0.3, 0.4) is 0 Å². The highest BCUT2D eigenvalue weighted by atomic mass is 16.1. The summed E-state index contributed by atoms with van der Waals surface area (Å²) in [6, 6.07) is 8.62. The number of anilines is 1. The Morgan fingerprint density at radius 1 is 1.23 bits per heavy atom. The van der Waals surface area contributed by atoms with Crippen LogP contribution in [-0.4, -0.2) is 28.5 Å². The molecule has 1 fully saturated rings. The van der Waals surface area contributed by atoms with Gasteiger partial charge in [-0.25, -0.2) is 4.98 Å². The third-order valence-electron chi connectivity index (χ3n) is 5.57. The van der Waals surface area contributed by atoms with Crippen molar-refractivity contribution in [1.82, 2.24) is 14.9 Å². The molecule has 1 saturated heterocycles. The lowest BCUT2D eigenvalue weighted by Crippen LogP contribution is -2.34. The molecule has 26 heavy (non-hydrogen) atoms. The topological polar surface area (TPSA) is 59.0 Å². The molecule has 1 aliphatic rings. The average molecular weight is 354 g/mol. The van der Waals surface area contributed by atoms with Gasteiger partial charge < -0.3 is 15.2 Å². The summed E-state index contributed by atoms with van der Waals surface area (Å²) in [6.07, 6.45) is 9.85. The first-order chi connectivity index (χ1) is 12.7. The first kappa shape index (κ1) is 18.6. The number of aromatic nitrogens is 2. The average Bonchev–Trinajstić information content (AvgIpc) is 3.21. The van der Waals surface area contributed by atoms with E-state index in [-0.39, 0.29) is 17.9 Å². The van der Waals surface area contributed by atoms with Gasteiger partial charge in [0, 0.05) is 24.0 Å². The number of amides is 1. The van der Waals surface area contributed by atoms with Crippen molar-refractivity contribution in [3.8, 4) is 0 Å². The number of carbonyl (C=O) groups is 1. The van der Waals surface area contributed by atoms with Gasteiger partial charge in [0.05, 0.1) is 12.4 Å². The Kier molecular flexibility index (Phi) is 6.45. The number of piperidine rings is 1. The van der Waals surface area contributed by atoms with E-state index < -0.39 is 0 Å². The smallest absolute Gasteiger partial charge is 0.227 e. The van der Waals surface area contributed by atoms with Crippen molar-refractivity contribution in [3.05, 3.63) is 48.5 Å². The molecule has 0 saturated carbocycles. The van der Waals surface area contributed by atoms with E-state index in [1.807, 2.05) is 30.9 Å². The van der Waals surface area contributed by atoms with Crippen LogP contribution in [0.4, 0.5) is 5.69 Å². The quantitative estimate of drug-likeness (QED) is 0.794. The zero-order chi connectivity index (χ0) is 18.4. The van der Waals surface area contributed by atoms with Gasteiger partial charge in [0.15, 0.2) is 0 Å². The number of nitrogens with one attached hydrogen (secondary N) is 2. The highest BCUT2D eigenvalue weighted by Gasteiger charge is 2.23. The molecule has 5 heteroatoms. The van der Waals surface area contributed by atoms with Crippen LogP contribution in [0.1, 0.15) is 51.1 Å². The van der Waals surface area contributed by atoms with Gasteiger partial charge >= 0.3 is 0 Å². The summed E-state index contributed by atoms with van der Waals surface area (Å²) in [5.41, 5.74) is 2.14. The van der Waals surface area contributed by atoms with Crippen LogP contribution in [0.5, 0.6) is 0 Å². The van der Waals surface area contributed by atoms with Gasteiger partial charge in [0.2, 0.25) is 5.91 Å². The van der Waals surface area contributed by atoms with Gasteiger partial charge in [-0.05, 0) is 49.5 Å². The van der Waals surface area contributed by atoms with Gasteiger partial charge in [0.25, 0.3) is 0 Å². The second-order valence-electron chi connectivity index (χ2n) is 7.17. The van der Waals surface area contributed by atoms with Gasteiger partial charge in [-0.1, -0.05) is 38.8 Å². The van der Waals surface area contributed by atoms with Crippen molar-refractivity contribution in [3.63, 3.8) is 0 Å². The van der Waals surface area contributed by atoms with Crippen LogP contribution in [0.2, 0.25) is 0 Å². The number of rotatable bonds is 7. The molecule has 0 radical (unpaired) electrons. The standard InChI is InChI=1S/C21H30N4O/c1-3-16(4-2)20(25-14-13-23-15-25)17-5-7-19(8-6-17)24-21(26)18-9-11-22-12-10-18/h5-8,13-16,18,20,22H,3-4,9-12H2,1-2H3,(H,24,26). The third-order valence-corrected chi connectivity index (χ3v) is 5.57. The lowest BCUT2D eigenvalue weighted by Gasteiger charge is -2.27. The Morgan fingerprint density at radius 3 is 2.50 bits per heavy atom. The predicted octanol–water partition coefficient (Wildman–Crippen LogP) is 3.85. The number of nitrogens with zero attached hydrogens (tertiary/aromatic N) is 2. The summed E-state index contributed by atoms with van der Waals surface area (Å²) in [7, 11) is 0. The Labute approximate surface area is 156 Å². The second kappa shape index (κ2) is 8.99. The molecule has 0 bridgehead atoms. The van der Waals surface area contributed by atoms with Gasteiger partial charge in [-0.3, -0.25) is 4.79 Å². The molecule has 1 aliphatic heterocycles. The molecule has 0 aliphatic carbocycles. The molecule has 3 rings (SSSR count). The van der Waals surface area contributed by atoms with Crippen molar-refractivity contribution in [2.24, 2.45) is 11.8 Å². The number of carbonyl (C=O) groups excluding carboxylic acids is 1. The van der Waals surface area contributed by atoms with Crippen molar-refractivity contribution in [1.29, 1.82) is 0 Å². The molecular formula is C21H30N4O. The van der Waals surface area contributed by atoms with E-state index in [2.05, 4.69) is 46.2 Å². The Balaban J connectivity index is 1.73. The molecule has 2 N–H and O–H groups in total. The zero-order valence-electron chi connectivity index (χ0n) is 15.8. The van der Waals surface area contributed by atoms with Gasteiger partial charge in [-0.2, -0.15) is 0 Å². The predicted molar refractivity (Wildman–Crippen MR) is 105 cm³/mol. The normalized spacial score (nSPS) is 16.6. The number of hydrogen-bond acceptors (Lipinski definition) is 3. The van der Waals surface area contributed by atoms with Crippen molar-refractivity contribution >= 4 is 11.6 Å². The van der Waals surface area contributed by atoms with Crippen LogP contribution in [0.15, 0.2) is 43.0 Å². The van der Waals surface area contributed by atoms with Gasteiger partial charge in [0.1, 0.15) is 0 Å². The van der Waals surface area contributed by atoms with Crippen LogP contribution < -0.4 is 10.6 Å². The van der Waals surface area contributed by atoms with Crippen molar-refractivity contribution in [2.75, 3.05) is 18.4 Å². The first-order valence-electron chi connectivity index (χ1n) is 9.81. The molecule has 1 unspecified atom stereocenters. The summed E-state index contributed by atoms with van der Waals surface area (Å²) in [5, 5.41) is 6.38. The van der Waals surface area contributed by atoms with Crippen molar-refractivity contribution < 1.29 is 4.79 Å². The maximum absolute atomic E-state index is 12.4. The Bertz CT molecular complexity index is 671. The van der Waals surface area contributed by atoms with E-state index in [1.165, 1.54) is 5.56 Å². The van der Waals surface area contributed by atoms with Crippen LogP contribution in [-0.2, 0) is 4.79 Å². The highest BCUT2D eigenvalue weighted by molar-refractivity contribution is 5.92. The fraction of sp³-hybridized carbons (Fsp3) is 0.524. The monoisotopic (exact) mass is 354 g/mol. The maximum atomic E-state index is 12.4. The fourth-order valence-electron chi connectivity index (χ4n) is 3.95. The van der Waals surface area contributed by atoms with Crippen LogP contribution >= 0.6 is 0 Å². The SMILES string of the molecule is CCC(CC)C(c1ccc(NC(=O)C2CCNCC2)cc1)n1ccnc1. The minimum atomic E-state index is 0.124. The molecule has 1 amide bonds. The van der Waals surface area contributed by atoms with E-state index >= 15 is 0 Å². The highest BCUT2D eigenvalue weighted by Crippen LogP contribution is 2.32. The van der Waals surface area contributed by atoms with Crippen molar-refractivity contribution in [2.45, 2.75) is 45.6 Å². The summed E-state index contributed by atoms with van der Waals surface area (Å²) in [4.78, 5) is 16.7. The summed E-state index contributed by atoms with van der Waals surface area (Å²) < 4.78 is 2.19. The molecule has 2 heterocycles. The third kappa shape index (κ3) is 4.33. The molecule has 1 aromatic heterocycles. The second-order valence-corrected chi connectivity index (χ2v) is 7.17. The maximum Gasteiger partial charge on any atom is 0.227 e. The minimum Gasteiger partial charge on any atom is -0.330 e. The lowest BCUT2D eigenvalue weighted by atomic mass is 9.88. The lowest BCUT2D eigenvalue weighted by molar-refractivity contribution is -0.120. The van der Waals surface area contributed by atoms with Crippen LogP contribution in [0.25, 0.3) is 0 Å². The first-order valence-corrected chi connectivity index (χ1v) is 9.81. The molecule has 0 spiro atoms. The Hall–Kier alpha value is -2.14. The summed E-state index contributed by atoms with van der Waals surface area (Å²) >= 11 is 0. The molecular weight excluding hydrogens is 324 g/mol. The van der Waals surface area contributed by atoms with E-state index in [1.54, 1.807) is 0 Å². The van der Waals surface area contributed by atoms with E-state index in [0.29, 0.717) is 5.92 Å². The van der Waals surface area contributed by atoms with E-state index in [0.717, 1.165) is 44.5 Å². The number of imidazole rings is 1. The minimum absolute atomic E-state index is 0.124. The number of hydrogen-bond donors (Lipinski definition) is 2. The van der Waals surface area contributed by atoms with E-state index in [4.69, 9.17) is 0 Å². The molecule has 2 aromatic rings. The number of benzene rings is 1. The molecule has 5 nitrogen and oxygen atoms in total. The fourth-order valence-corrected chi connectivity index (χ4v) is 3.95. The Morgan fingerprint density at radius 2 is 1.92 bits per heavy atom. The van der Waals surface area contributed by atoms with Gasteiger partial charge in [-0.15, -0.1) is 0 Å². The molecule has 140 valence electrons. The molecule has 1 aromatic carbocycles. The molecule has 1 atom stereocenters. The summed E-state index contributed by atoms with van der Waals surface area (Å²) in [6.45, 7) is 6.34. The zero-order valence-corrected chi connectivity index (χ0v) is 15.8.